The first-order chi connectivity index (χ1) is 8.87. The van der Waals surface area contributed by atoms with Crippen LogP contribution >= 0.6 is 0 Å². The Morgan fingerprint density at radius 3 is 1.05 bits per heavy atom. The van der Waals surface area contributed by atoms with Gasteiger partial charge in [0.1, 0.15) is 0 Å². The molecule has 0 aromatic heterocycles. The predicted octanol–water partition coefficient (Wildman–Crippen LogP) is 5.46. The number of halogens is 8. The molecule has 0 aliphatic carbocycles. The second-order valence-electron chi connectivity index (χ2n) is 4.21. The minimum Gasteiger partial charge on any atom is -0.200 e. The molecule has 0 saturated heterocycles. The van der Waals surface area contributed by atoms with Crippen LogP contribution in [-0.4, -0.2) is 23.7 Å². The summed E-state index contributed by atoms with van der Waals surface area (Å²) in [7, 11) is 0. The van der Waals surface area contributed by atoms with E-state index in [0.717, 1.165) is 12.2 Å². The molecule has 8 heteroatoms. The quantitative estimate of drug-likeness (QED) is 0.392. The van der Waals surface area contributed by atoms with Gasteiger partial charge in [-0.3, -0.25) is 0 Å². The highest BCUT2D eigenvalue weighted by Gasteiger charge is 2.79. The molecule has 0 N–H and O–H groups in total. The fraction of sp³-hybridized carbons (Fsp3) is 0.667. The Labute approximate surface area is 111 Å². The van der Waals surface area contributed by atoms with Crippen molar-refractivity contribution in [1.82, 2.24) is 0 Å². The van der Waals surface area contributed by atoms with Crippen LogP contribution in [-0.2, 0) is 0 Å². The lowest BCUT2D eigenvalue weighted by atomic mass is 9.93. The van der Waals surface area contributed by atoms with E-state index in [1.54, 1.807) is 0 Å². The summed E-state index contributed by atoms with van der Waals surface area (Å²) in [5, 5.41) is 0. The van der Waals surface area contributed by atoms with Crippen molar-refractivity contribution in [3.8, 4) is 0 Å². The van der Waals surface area contributed by atoms with E-state index in [4.69, 9.17) is 0 Å². The molecule has 0 aliphatic rings. The first-order valence-corrected chi connectivity index (χ1v) is 5.60. The van der Waals surface area contributed by atoms with Crippen molar-refractivity contribution in [1.29, 1.82) is 0 Å². The van der Waals surface area contributed by atoms with Gasteiger partial charge in [-0.2, -0.15) is 35.1 Å². The standard InChI is InChI=1S/C12H14F8/c1-3-5-7-9(13,14)11(17,18)12(19,20)10(15,16)8-6-4-2/h3-4H,1-2,5-8H2. The highest BCUT2D eigenvalue weighted by molar-refractivity contribution is 5.04. The largest absolute Gasteiger partial charge is 0.378 e. The zero-order chi connectivity index (χ0) is 16.2. The van der Waals surface area contributed by atoms with E-state index in [2.05, 4.69) is 13.2 Å². The Morgan fingerprint density at radius 1 is 0.600 bits per heavy atom. The molecule has 0 unspecified atom stereocenters. The molecule has 20 heavy (non-hydrogen) atoms. The number of rotatable bonds is 9. The Balaban J connectivity index is 5.42. The summed E-state index contributed by atoms with van der Waals surface area (Å²) in [6.07, 6.45) is -3.21. The maximum Gasteiger partial charge on any atom is 0.378 e. The van der Waals surface area contributed by atoms with Crippen LogP contribution in [0.1, 0.15) is 25.7 Å². The van der Waals surface area contributed by atoms with E-state index in [0.29, 0.717) is 0 Å². The van der Waals surface area contributed by atoms with Gasteiger partial charge in [0.2, 0.25) is 0 Å². The molecular weight excluding hydrogens is 296 g/mol. The predicted molar refractivity (Wildman–Crippen MR) is 58.7 cm³/mol. The molecule has 0 amide bonds. The van der Waals surface area contributed by atoms with Crippen LogP contribution in [0.3, 0.4) is 0 Å². The summed E-state index contributed by atoms with van der Waals surface area (Å²) in [4.78, 5) is 0. The number of hydrogen-bond donors (Lipinski definition) is 0. The fourth-order valence-corrected chi connectivity index (χ4v) is 1.34. The molecule has 0 aliphatic heterocycles. The molecule has 0 aromatic rings. The van der Waals surface area contributed by atoms with E-state index in [1.165, 1.54) is 0 Å². The molecule has 0 aromatic carbocycles. The average molecular weight is 310 g/mol. The second-order valence-corrected chi connectivity index (χ2v) is 4.21. The average Bonchev–Trinajstić information content (AvgIpc) is 2.33. The molecule has 0 rings (SSSR count). The third-order valence-electron chi connectivity index (χ3n) is 2.64. The maximum atomic E-state index is 13.2. The van der Waals surface area contributed by atoms with Gasteiger partial charge in [-0.05, 0) is 12.8 Å². The third kappa shape index (κ3) is 3.32. The van der Waals surface area contributed by atoms with Crippen molar-refractivity contribution in [2.24, 2.45) is 0 Å². The van der Waals surface area contributed by atoms with Crippen molar-refractivity contribution < 1.29 is 35.1 Å². The summed E-state index contributed by atoms with van der Waals surface area (Å²) >= 11 is 0. The monoisotopic (exact) mass is 310 g/mol. The van der Waals surface area contributed by atoms with Gasteiger partial charge in [0.15, 0.2) is 0 Å². The number of hydrogen-bond acceptors (Lipinski definition) is 0. The first kappa shape index (κ1) is 18.9. The summed E-state index contributed by atoms with van der Waals surface area (Å²) in [6.45, 7) is 5.94. The fourth-order valence-electron chi connectivity index (χ4n) is 1.34. The van der Waals surface area contributed by atoms with Crippen LogP contribution in [0.15, 0.2) is 25.3 Å². The SMILES string of the molecule is C=CCCC(F)(F)C(F)(F)C(F)(F)C(F)(F)CCC=C. The normalized spacial score (nSPS) is 14.2. The van der Waals surface area contributed by atoms with E-state index in [1.807, 2.05) is 0 Å². The van der Waals surface area contributed by atoms with Gasteiger partial charge >= 0.3 is 23.7 Å². The van der Waals surface area contributed by atoms with Crippen LogP contribution in [0.5, 0.6) is 0 Å². The molecule has 0 heterocycles. The van der Waals surface area contributed by atoms with E-state index < -0.39 is 49.4 Å². The maximum absolute atomic E-state index is 13.2. The molecule has 0 nitrogen and oxygen atoms in total. The molecule has 0 atom stereocenters. The van der Waals surface area contributed by atoms with Gasteiger partial charge in [0.25, 0.3) is 0 Å². The molecule has 0 saturated carbocycles. The van der Waals surface area contributed by atoms with E-state index in [-0.39, 0.29) is 0 Å². The summed E-state index contributed by atoms with van der Waals surface area (Å²) in [6, 6.07) is 0. The Bertz CT molecular complexity index is 311. The van der Waals surface area contributed by atoms with Crippen molar-refractivity contribution in [3.63, 3.8) is 0 Å². The zero-order valence-electron chi connectivity index (χ0n) is 10.4. The van der Waals surface area contributed by atoms with E-state index in [9.17, 15) is 35.1 Å². The summed E-state index contributed by atoms with van der Waals surface area (Å²) < 4.78 is 105. The Hall–Kier alpha value is -1.08. The Kier molecular flexibility index (Phi) is 5.80. The van der Waals surface area contributed by atoms with Crippen molar-refractivity contribution in [2.45, 2.75) is 49.4 Å². The minimum atomic E-state index is -6.17. The highest BCUT2D eigenvalue weighted by Crippen LogP contribution is 2.55. The smallest absolute Gasteiger partial charge is 0.200 e. The van der Waals surface area contributed by atoms with Gasteiger partial charge in [-0.15, -0.1) is 13.2 Å². The minimum absolute atomic E-state index is 0.711. The van der Waals surface area contributed by atoms with Crippen LogP contribution in [0.2, 0.25) is 0 Å². The first-order valence-electron chi connectivity index (χ1n) is 5.60. The molecule has 118 valence electrons. The summed E-state index contributed by atoms with van der Waals surface area (Å²) in [5.74, 6) is -22.9. The van der Waals surface area contributed by atoms with Gasteiger partial charge < -0.3 is 0 Å². The van der Waals surface area contributed by atoms with Crippen molar-refractivity contribution in [2.75, 3.05) is 0 Å². The topological polar surface area (TPSA) is 0 Å². The van der Waals surface area contributed by atoms with Gasteiger partial charge in [-0.25, -0.2) is 0 Å². The molecule has 0 radical (unpaired) electrons. The van der Waals surface area contributed by atoms with Crippen LogP contribution in [0.25, 0.3) is 0 Å². The van der Waals surface area contributed by atoms with Crippen LogP contribution < -0.4 is 0 Å². The number of allylic oxidation sites excluding steroid dienone is 2. The van der Waals surface area contributed by atoms with Gasteiger partial charge in [-0.1, -0.05) is 12.2 Å². The number of alkyl halides is 8. The Morgan fingerprint density at radius 2 is 0.850 bits per heavy atom. The lowest BCUT2D eigenvalue weighted by Crippen LogP contribution is -2.62. The van der Waals surface area contributed by atoms with Crippen LogP contribution in [0, 0.1) is 0 Å². The van der Waals surface area contributed by atoms with Crippen LogP contribution in [0.4, 0.5) is 35.1 Å². The lowest BCUT2D eigenvalue weighted by molar-refractivity contribution is -0.367. The van der Waals surface area contributed by atoms with Crippen molar-refractivity contribution in [3.05, 3.63) is 25.3 Å². The summed E-state index contributed by atoms with van der Waals surface area (Å²) in [5.41, 5.74) is 0. The third-order valence-corrected chi connectivity index (χ3v) is 2.64. The molecule has 0 bridgehead atoms. The molecule has 0 spiro atoms. The second kappa shape index (κ2) is 6.13. The zero-order valence-corrected chi connectivity index (χ0v) is 10.4. The molecular formula is C12H14F8. The van der Waals surface area contributed by atoms with E-state index >= 15 is 0 Å². The lowest BCUT2D eigenvalue weighted by Gasteiger charge is -2.36. The highest BCUT2D eigenvalue weighted by atomic mass is 19.4. The van der Waals surface area contributed by atoms with Crippen molar-refractivity contribution >= 4 is 0 Å². The van der Waals surface area contributed by atoms with Gasteiger partial charge in [0, 0.05) is 12.8 Å². The molecule has 0 fully saturated rings. The van der Waals surface area contributed by atoms with Gasteiger partial charge in [0.05, 0.1) is 0 Å².